The van der Waals surface area contributed by atoms with Crippen molar-refractivity contribution < 1.29 is 13.2 Å². The molecular formula is C15H22N2O3S. The number of hydrogen-bond acceptors (Lipinski definition) is 4. The molecule has 2 atom stereocenters. The van der Waals surface area contributed by atoms with Gasteiger partial charge in [-0.05, 0) is 31.9 Å². The highest BCUT2D eigenvalue weighted by Crippen LogP contribution is 2.28. The fourth-order valence-corrected chi connectivity index (χ4v) is 4.50. The molecule has 0 aliphatic heterocycles. The van der Waals surface area contributed by atoms with Gasteiger partial charge in [-0.25, -0.2) is 13.4 Å². The number of carbonyl (C=O) groups excluding carboxylic acids is 1. The Morgan fingerprint density at radius 2 is 1.95 bits per heavy atom. The second-order valence-electron chi connectivity index (χ2n) is 5.80. The van der Waals surface area contributed by atoms with E-state index >= 15 is 0 Å². The summed E-state index contributed by atoms with van der Waals surface area (Å²) in [5, 5.41) is -0.468. The second kappa shape index (κ2) is 6.13. The van der Waals surface area contributed by atoms with Gasteiger partial charge >= 0.3 is 0 Å². The fraction of sp³-hybridized carbons (Fsp3) is 0.600. The Hall–Kier alpha value is -1.43. The predicted molar refractivity (Wildman–Crippen MR) is 82.0 cm³/mol. The zero-order chi connectivity index (χ0) is 15.6. The van der Waals surface area contributed by atoms with Crippen LogP contribution in [0.1, 0.15) is 41.9 Å². The lowest BCUT2D eigenvalue weighted by atomic mass is 9.93. The van der Waals surface area contributed by atoms with Gasteiger partial charge < -0.3 is 4.90 Å². The molecule has 2 unspecified atom stereocenters. The molecule has 0 N–H and O–H groups in total. The molecule has 1 saturated carbocycles. The number of pyridine rings is 1. The van der Waals surface area contributed by atoms with Gasteiger partial charge in [0.05, 0.1) is 5.25 Å². The van der Waals surface area contributed by atoms with Crippen molar-refractivity contribution in [1.82, 2.24) is 9.88 Å². The van der Waals surface area contributed by atoms with Crippen LogP contribution in [0.3, 0.4) is 0 Å². The van der Waals surface area contributed by atoms with E-state index in [4.69, 9.17) is 0 Å². The smallest absolute Gasteiger partial charge is 0.272 e. The molecule has 0 spiro atoms. The van der Waals surface area contributed by atoms with Crippen LogP contribution in [-0.2, 0) is 9.84 Å². The van der Waals surface area contributed by atoms with Crippen molar-refractivity contribution in [3.63, 3.8) is 0 Å². The summed E-state index contributed by atoms with van der Waals surface area (Å²) < 4.78 is 23.9. The topological polar surface area (TPSA) is 67.3 Å². The molecular weight excluding hydrogens is 288 g/mol. The lowest BCUT2D eigenvalue weighted by Crippen LogP contribution is -2.49. The molecule has 0 aromatic carbocycles. The van der Waals surface area contributed by atoms with E-state index in [2.05, 4.69) is 4.98 Å². The van der Waals surface area contributed by atoms with E-state index < -0.39 is 15.1 Å². The second-order valence-corrected chi connectivity index (χ2v) is 8.06. The zero-order valence-electron chi connectivity index (χ0n) is 12.7. The van der Waals surface area contributed by atoms with E-state index in [1.165, 1.54) is 6.26 Å². The number of amides is 1. The van der Waals surface area contributed by atoms with Gasteiger partial charge in [0.15, 0.2) is 9.84 Å². The molecule has 21 heavy (non-hydrogen) atoms. The van der Waals surface area contributed by atoms with E-state index in [0.29, 0.717) is 12.1 Å². The van der Waals surface area contributed by atoms with Gasteiger partial charge in [0, 0.05) is 25.0 Å². The van der Waals surface area contributed by atoms with Crippen LogP contribution < -0.4 is 0 Å². The summed E-state index contributed by atoms with van der Waals surface area (Å²) in [5.74, 6) is -0.209. The number of carbonyl (C=O) groups is 1. The van der Waals surface area contributed by atoms with Crippen molar-refractivity contribution in [2.75, 3.05) is 13.3 Å². The Morgan fingerprint density at radius 1 is 1.29 bits per heavy atom. The number of nitrogens with zero attached hydrogens (tertiary/aromatic N) is 2. The van der Waals surface area contributed by atoms with Crippen LogP contribution in [0.25, 0.3) is 0 Å². The van der Waals surface area contributed by atoms with Crippen molar-refractivity contribution in [2.45, 2.75) is 43.9 Å². The summed E-state index contributed by atoms with van der Waals surface area (Å²) in [6.45, 7) is 1.83. The molecule has 116 valence electrons. The summed E-state index contributed by atoms with van der Waals surface area (Å²) in [5.41, 5.74) is 1.15. The first-order valence-corrected chi connectivity index (χ1v) is 9.16. The van der Waals surface area contributed by atoms with Crippen molar-refractivity contribution in [3.05, 3.63) is 29.6 Å². The predicted octanol–water partition coefficient (Wildman–Crippen LogP) is 1.82. The summed E-state index contributed by atoms with van der Waals surface area (Å²) in [7, 11) is -1.48. The zero-order valence-corrected chi connectivity index (χ0v) is 13.6. The van der Waals surface area contributed by atoms with Crippen LogP contribution in [0.2, 0.25) is 0 Å². The minimum absolute atomic E-state index is 0.209. The highest BCUT2D eigenvalue weighted by molar-refractivity contribution is 7.91. The van der Waals surface area contributed by atoms with Gasteiger partial charge in [-0.1, -0.05) is 18.9 Å². The van der Waals surface area contributed by atoms with Gasteiger partial charge in [0.25, 0.3) is 5.91 Å². The van der Waals surface area contributed by atoms with E-state index in [9.17, 15) is 13.2 Å². The SMILES string of the molecule is Cc1cccc(C(=O)N(C)C2CCCCC2S(C)(=O)=O)n1. The monoisotopic (exact) mass is 310 g/mol. The van der Waals surface area contributed by atoms with Crippen molar-refractivity contribution in [2.24, 2.45) is 0 Å². The molecule has 1 heterocycles. The average molecular weight is 310 g/mol. The third-order valence-corrected chi connectivity index (χ3v) is 5.79. The van der Waals surface area contributed by atoms with E-state index in [-0.39, 0.29) is 11.9 Å². The number of rotatable bonds is 3. The Morgan fingerprint density at radius 3 is 2.57 bits per heavy atom. The molecule has 5 nitrogen and oxygen atoms in total. The third kappa shape index (κ3) is 3.61. The molecule has 1 aromatic rings. The van der Waals surface area contributed by atoms with Crippen LogP contribution in [0.4, 0.5) is 0 Å². The lowest BCUT2D eigenvalue weighted by molar-refractivity contribution is 0.0694. The average Bonchev–Trinajstić information content (AvgIpc) is 2.45. The number of hydrogen-bond donors (Lipinski definition) is 0. The largest absolute Gasteiger partial charge is 0.336 e. The molecule has 2 rings (SSSR count). The maximum Gasteiger partial charge on any atom is 0.272 e. The minimum atomic E-state index is -3.16. The van der Waals surface area contributed by atoms with Crippen LogP contribution in [0.5, 0.6) is 0 Å². The van der Waals surface area contributed by atoms with Crippen LogP contribution >= 0.6 is 0 Å². The van der Waals surface area contributed by atoms with Gasteiger partial charge in [-0.2, -0.15) is 0 Å². The van der Waals surface area contributed by atoms with Crippen LogP contribution in [-0.4, -0.2) is 48.8 Å². The Balaban J connectivity index is 2.25. The minimum Gasteiger partial charge on any atom is -0.336 e. The molecule has 1 amide bonds. The van der Waals surface area contributed by atoms with Gasteiger partial charge in [0.1, 0.15) is 5.69 Å². The number of sulfone groups is 1. The molecule has 6 heteroatoms. The van der Waals surface area contributed by atoms with Crippen molar-refractivity contribution in [3.8, 4) is 0 Å². The first-order chi connectivity index (χ1) is 9.80. The van der Waals surface area contributed by atoms with Gasteiger partial charge in [-0.3, -0.25) is 4.79 Å². The van der Waals surface area contributed by atoms with Gasteiger partial charge in [-0.15, -0.1) is 0 Å². The van der Waals surface area contributed by atoms with Crippen molar-refractivity contribution in [1.29, 1.82) is 0 Å². The maximum atomic E-state index is 12.5. The summed E-state index contributed by atoms with van der Waals surface area (Å²) >= 11 is 0. The highest BCUT2D eigenvalue weighted by atomic mass is 32.2. The van der Waals surface area contributed by atoms with E-state index in [1.807, 2.05) is 13.0 Å². The molecule has 1 fully saturated rings. The molecule has 1 aliphatic rings. The maximum absolute atomic E-state index is 12.5. The van der Waals surface area contributed by atoms with Crippen LogP contribution in [0.15, 0.2) is 18.2 Å². The Kier molecular flexibility index (Phi) is 4.66. The highest BCUT2D eigenvalue weighted by Gasteiger charge is 2.37. The van der Waals surface area contributed by atoms with Crippen LogP contribution in [0, 0.1) is 6.92 Å². The molecule has 0 radical (unpaired) electrons. The molecule has 1 aliphatic carbocycles. The van der Waals surface area contributed by atoms with Gasteiger partial charge in [0.2, 0.25) is 0 Å². The number of aromatic nitrogens is 1. The summed E-state index contributed by atoms with van der Waals surface area (Å²) in [4.78, 5) is 18.3. The number of aryl methyl sites for hydroxylation is 1. The summed E-state index contributed by atoms with van der Waals surface area (Å²) in [6.07, 6.45) is 4.47. The lowest BCUT2D eigenvalue weighted by Gasteiger charge is -2.36. The van der Waals surface area contributed by atoms with Crippen molar-refractivity contribution >= 4 is 15.7 Å². The summed E-state index contributed by atoms with van der Waals surface area (Å²) in [6, 6.07) is 5.03. The molecule has 0 bridgehead atoms. The standard InChI is InChI=1S/C15H22N2O3S/c1-11-7-6-8-12(16-11)15(18)17(2)13-9-4-5-10-14(13)21(3,19)20/h6-8,13-14H,4-5,9-10H2,1-3H3. The molecule has 0 saturated heterocycles. The first-order valence-electron chi connectivity index (χ1n) is 7.20. The quantitative estimate of drug-likeness (QED) is 0.854. The fourth-order valence-electron chi connectivity index (χ4n) is 3.01. The Labute approximate surface area is 126 Å². The third-order valence-electron chi connectivity index (χ3n) is 4.14. The van der Waals surface area contributed by atoms with E-state index in [1.54, 1.807) is 24.1 Å². The first kappa shape index (κ1) is 15.9. The normalized spacial score (nSPS) is 22.8. The Bertz CT molecular complexity index is 628. The van der Waals surface area contributed by atoms with E-state index in [0.717, 1.165) is 25.0 Å². The molecule has 1 aromatic heterocycles.